The number of carbonyl (C=O) groups is 5. The third-order valence-corrected chi connectivity index (χ3v) is 13.3. The summed E-state index contributed by atoms with van der Waals surface area (Å²) >= 11 is 0. The van der Waals surface area contributed by atoms with Crippen molar-refractivity contribution in [2.45, 2.75) is 84.0 Å². The van der Waals surface area contributed by atoms with E-state index in [1.807, 2.05) is 41.8 Å². The Labute approximate surface area is 335 Å². The van der Waals surface area contributed by atoms with Crippen molar-refractivity contribution in [3.05, 3.63) is 71.0 Å². The summed E-state index contributed by atoms with van der Waals surface area (Å²) in [6, 6.07) is 12.4. The van der Waals surface area contributed by atoms with Gasteiger partial charge in [-0.05, 0) is 94.2 Å². The smallest absolute Gasteiger partial charge is 0.262 e. The molecule has 58 heavy (non-hydrogen) atoms. The van der Waals surface area contributed by atoms with Crippen LogP contribution in [-0.4, -0.2) is 104 Å². The highest BCUT2D eigenvalue weighted by Gasteiger charge is 2.46. The number of carbonyl (C=O) groups excluding carboxylic acids is 5. The highest BCUT2D eigenvalue weighted by molar-refractivity contribution is 6.23. The molecular formula is C42H45N11O5. The summed E-state index contributed by atoms with van der Waals surface area (Å²) in [6.45, 7) is 9.45. The van der Waals surface area contributed by atoms with Gasteiger partial charge in [-0.1, -0.05) is 6.07 Å². The number of nitrogens with one attached hydrogen (secondary N) is 1. The lowest BCUT2D eigenvalue weighted by molar-refractivity contribution is -0.136. The van der Waals surface area contributed by atoms with Crippen LogP contribution in [0.4, 0.5) is 23.1 Å². The number of anilines is 4. The summed E-state index contributed by atoms with van der Waals surface area (Å²) in [6.07, 6.45) is 6.93. The van der Waals surface area contributed by atoms with E-state index in [2.05, 4.69) is 37.1 Å². The molecule has 16 nitrogen and oxygen atoms in total. The van der Waals surface area contributed by atoms with Crippen molar-refractivity contribution in [3.8, 4) is 11.5 Å². The summed E-state index contributed by atoms with van der Waals surface area (Å²) in [5, 5.41) is 10.6. The van der Waals surface area contributed by atoms with E-state index in [0.717, 1.165) is 92.6 Å². The monoisotopic (exact) mass is 783 g/mol. The topological polar surface area (TPSA) is 170 Å². The first-order valence-corrected chi connectivity index (χ1v) is 20.4. The highest BCUT2D eigenvalue weighted by atomic mass is 16.2. The van der Waals surface area contributed by atoms with Gasteiger partial charge in [-0.3, -0.25) is 39.1 Å². The van der Waals surface area contributed by atoms with E-state index in [9.17, 15) is 24.0 Å². The van der Waals surface area contributed by atoms with Gasteiger partial charge in [-0.15, -0.1) is 10.2 Å². The Morgan fingerprint density at radius 2 is 1.62 bits per heavy atom. The van der Waals surface area contributed by atoms with Crippen molar-refractivity contribution in [2.75, 3.05) is 52.3 Å². The lowest BCUT2D eigenvalue weighted by Gasteiger charge is -2.40. The van der Waals surface area contributed by atoms with Gasteiger partial charge in [0.1, 0.15) is 35.5 Å². The van der Waals surface area contributed by atoms with Crippen LogP contribution in [0.3, 0.4) is 0 Å². The average Bonchev–Trinajstić information content (AvgIpc) is 4.08. The fourth-order valence-corrected chi connectivity index (χ4v) is 9.94. The van der Waals surface area contributed by atoms with Gasteiger partial charge in [0.05, 0.1) is 23.2 Å². The van der Waals surface area contributed by atoms with E-state index < -0.39 is 29.7 Å². The van der Waals surface area contributed by atoms with Crippen molar-refractivity contribution < 1.29 is 24.0 Å². The van der Waals surface area contributed by atoms with Crippen molar-refractivity contribution in [2.24, 2.45) is 5.41 Å². The van der Waals surface area contributed by atoms with Crippen LogP contribution in [0, 0.1) is 5.41 Å². The summed E-state index contributed by atoms with van der Waals surface area (Å²) in [4.78, 5) is 85.5. The number of hydrogen-bond donors (Lipinski definition) is 1. The number of hydrogen-bond acceptors (Lipinski definition) is 12. The predicted octanol–water partition coefficient (Wildman–Crippen LogP) is 3.80. The van der Waals surface area contributed by atoms with Crippen molar-refractivity contribution in [1.29, 1.82) is 0 Å². The summed E-state index contributed by atoms with van der Waals surface area (Å²) < 4.78 is 1.93. The number of rotatable bonds is 7. The van der Waals surface area contributed by atoms with Crippen LogP contribution in [0.5, 0.6) is 0 Å². The van der Waals surface area contributed by atoms with E-state index in [-0.39, 0.29) is 29.7 Å². The number of fused-ring (bicyclic) bond motifs is 2. The van der Waals surface area contributed by atoms with Gasteiger partial charge in [0, 0.05) is 63.0 Å². The van der Waals surface area contributed by atoms with Gasteiger partial charge in [0.15, 0.2) is 5.82 Å². The minimum atomic E-state index is -0.993. The van der Waals surface area contributed by atoms with Gasteiger partial charge < -0.3 is 19.3 Å². The molecule has 4 aromatic rings. The summed E-state index contributed by atoms with van der Waals surface area (Å²) in [5.74, 6) is 0.869. The third kappa shape index (κ3) is 5.82. The number of amides is 5. The summed E-state index contributed by atoms with van der Waals surface area (Å²) in [7, 11) is 0. The largest absolute Gasteiger partial charge is 0.371 e. The molecule has 9 heterocycles. The molecule has 6 aliphatic heterocycles. The third-order valence-electron chi connectivity index (χ3n) is 13.3. The molecule has 0 bridgehead atoms. The quantitative estimate of drug-likeness (QED) is 0.270. The molecule has 0 saturated carbocycles. The maximum atomic E-state index is 14.3. The zero-order chi connectivity index (χ0) is 39.9. The molecule has 4 fully saturated rings. The lowest BCUT2D eigenvalue weighted by Crippen LogP contribution is -2.54. The maximum Gasteiger partial charge on any atom is 0.262 e. The SMILES string of the molecule is CCn1cnnc1-c1cccc(N2Cc3c(cc(N4CCC[C@H]4C)nc3N3CCC4(CCN(c5ccc6c(c5)C(=O)N(C5CCC(=O)NC5=O)C6=O)CC4)C3)C2=O)n1. The molecule has 298 valence electrons. The molecule has 10 rings (SSSR count). The van der Waals surface area contributed by atoms with Crippen molar-refractivity contribution in [3.63, 3.8) is 0 Å². The minimum Gasteiger partial charge on any atom is -0.371 e. The molecule has 1 spiro atoms. The van der Waals surface area contributed by atoms with Crippen LogP contribution in [0.15, 0.2) is 48.8 Å². The van der Waals surface area contributed by atoms with E-state index in [4.69, 9.17) is 9.97 Å². The van der Waals surface area contributed by atoms with E-state index >= 15 is 0 Å². The second kappa shape index (κ2) is 13.7. The molecule has 4 saturated heterocycles. The van der Waals surface area contributed by atoms with Crippen LogP contribution in [0.1, 0.15) is 95.4 Å². The lowest BCUT2D eigenvalue weighted by atomic mass is 9.77. The fraction of sp³-hybridized carbons (Fsp3) is 0.452. The van der Waals surface area contributed by atoms with Gasteiger partial charge >= 0.3 is 0 Å². The number of imide groups is 2. The first kappa shape index (κ1) is 36.2. The van der Waals surface area contributed by atoms with Crippen LogP contribution < -0.4 is 24.9 Å². The average molecular weight is 784 g/mol. The van der Waals surface area contributed by atoms with Crippen molar-refractivity contribution in [1.82, 2.24) is 34.9 Å². The Balaban J connectivity index is 0.881. The molecule has 3 aromatic heterocycles. The maximum absolute atomic E-state index is 14.3. The molecule has 16 heteroatoms. The Hall–Kier alpha value is -6.19. The normalized spacial score (nSPS) is 22.8. The first-order valence-electron chi connectivity index (χ1n) is 20.4. The van der Waals surface area contributed by atoms with Crippen LogP contribution in [0.25, 0.3) is 11.5 Å². The number of piperidine rings is 2. The van der Waals surface area contributed by atoms with E-state index in [0.29, 0.717) is 47.6 Å². The molecule has 1 aromatic carbocycles. The van der Waals surface area contributed by atoms with Gasteiger partial charge in [0.2, 0.25) is 11.8 Å². The zero-order valence-corrected chi connectivity index (χ0v) is 32.7. The second-order valence-corrected chi connectivity index (χ2v) is 16.6. The number of nitrogens with zero attached hydrogens (tertiary/aromatic N) is 10. The van der Waals surface area contributed by atoms with Gasteiger partial charge in [-0.2, -0.15) is 0 Å². The molecule has 0 radical (unpaired) electrons. The molecule has 1 N–H and O–H groups in total. The van der Waals surface area contributed by atoms with Crippen LogP contribution in [0.2, 0.25) is 0 Å². The Bertz CT molecular complexity index is 2400. The highest BCUT2D eigenvalue weighted by Crippen LogP contribution is 2.46. The van der Waals surface area contributed by atoms with Crippen LogP contribution >= 0.6 is 0 Å². The number of aromatic nitrogens is 5. The fourth-order valence-electron chi connectivity index (χ4n) is 9.94. The van der Waals surface area contributed by atoms with Gasteiger partial charge in [0.25, 0.3) is 17.7 Å². The Morgan fingerprint density at radius 3 is 2.38 bits per heavy atom. The van der Waals surface area contributed by atoms with Crippen LogP contribution in [-0.2, 0) is 22.7 Å². The first-order chi connectivity index (χ1) is 28.1. The van der Waals surface area contributed by atoms with E-state index in [1.165, 1.54) is 0 Å². The Kier molecular flexibility index (Phi) is 8.56. The molecular weight excluding hydrogens is 739 g/mol. The Morgan fingerprint density at radius 1 is 0.828 bits per heavy atom. The minimum absolute atomic E-state index is 0.0561. The standard InChI is InChI=1S/C42H45N11O5/c1-3-48-24-43-47-37(48)31-7-4-8-33(44-31)52-22-30-29(39(52)56)21-34(51-16-5-6-25(51)2)45-36(30)50-19-15-42(23-50)13-17-49(18-14-42)26-9-10-27-28(20-26)41(58)53(40(27)57)32-11-12-35(54)46-38(32)55/h4,7-10,20-21,24-25,32H,3,5-6,11-19,22-23H2,1-2H3,(H,46,54,55)/t25-,32?/m1/s1. The number of pyridine rings is 2. The molecule has 6 aliphatic rings. The zero-order valence-electron chi connectivity index (χ0n) is 32.7. The van der Waals surface area contributed by atoms with Crippen molar-refractivity contribution >= 4 is 52.7 Å². The molecule has 1 unspecified atom stereocenters. The summed E-state index contributed by atoms with van der Waals surface area (Å²) in [5.41, 5.74) is 3.77. The predicted molar refractivity (Wildman–Crippen MR) is 214 cm³/mol. The van der Waals surface area contributed by atoms with Gasteiger partial charge in [-0.25, -0.2) is 9.97 Å². The molecule has 2 atom stereocenters. The number of benzene rings is 1. The van der Waals surface area contributed by atoms with E-state index in [1.54, 1.807) is 23.4 Å². The molecule has 0 aliphatic carbocycles. The molecule has 5 amide bonds. The number of aryl methyl sites for hydroxylation is 1. The second-order valence-electron chi connectivity index (χ2n) is 16.6.